The number of rotatable bonds is 4. The third-order valence-corrected chi connectivity index (χ3v) is 4.36. The van der Waals surface area contributed by atoms with Crippen LogP contribution in [0.4, 0.5) is 0 Å². The van der Waals surface area contributed by atoms with Gasteiger partial charge in [-0.1, -0.05) is 6.42 Å². The van der Waals surface area contributed by atoms with E-state index in [0.29, 0.717) is 24.6 Å². The van der Waals surface area contributed by atoms with E-state index in [1.54, 1.807) is 18.2 Å². The highest BCUT2D eigenvalue weighted by atomic mass is 16.3. The van der Waals surface area contributed by atoms with Crippen LogP contribution in [0.1, 0.15) is 42.1 Å². The number of phenols is 1. The Kier molecular flexibility index (Phi) is 4.65. The van der Waals surface area contributed by atoms with Gasteiger partial charge in [-0.05, 0) is 62.9 Å². The number of carbonyl (C=O) groups excluding carboxylic acids is 1. The maximum absolute atomic E-state index is 12.8. The first-order valence-electron chi connectivity index (χ1n) is 7.39. The normalized spacial score (nSPS) is 21.9. The van der Waals surface area contributed by atoms with Crippen LogP contribution in [0.15, 0.2) is 18.2 Å². The summed E-state index contributed by atoms with van der Waals surface area (Å²) in [4.78, 5) is 14.7. The number of nitrogens with zero attached hydrogens (tertiary/aromatic N) is 1. The highest BCUT2D eigenvalue weighted by Gasteiger charge is 2.33. The van der Waals surface area contributed by atoms with Gasteiger partial charge in [0.25, 0.3) is 5.91 Å². The molecule has 2 atom stereocenters. The summed E-state index contributed by atoms with van der Waals surface area (Å²) in [6, 6.07) is 5.17. The van der Waals surface area contributed by atoms with Gasteiger partial charge in [-0.2, -0.15) is 0 Å². The van der Waals surface area contributed by atoms with Crippen molar-refractivity contribution in [1.82, 2.24) is 4.90 Å². The lowest BCUT2D eigenvalue weighted by Crippen LogP contribution is -2.44. The number of aryl methyl sites for hydroxylation is 1. The molecule has 1 aromatic rings. The minimum Gasteiger partial charge on any atom is -0.508 e. The van der Waals surface area contributed by atoms with E-state index in [9.17, 15) is 9.90 Å². The molecule has 0 aliphatic heterocycles. The van der Waals surface area contributed by atoms with E-state index in [1.165, 1.54) is 0 Å². The van der Waals surface area contributed by atoms with Crippen LogP contribution < -0.4 is 5.73 Å². The van der Waals surface area contributed by atoms with Crippen LogP contribution in [-0.2, 0) is 0 Å². The number of amides is 1. The Labute approximate surface area is 120 Å². The van der Waals surface area contributed by atoms with Crippen LogP contribution in [0.3, 0.4) is 0 Å². The van der Waals surface area contributed by atoms with Gasteiger partial charge in [0.2, 0.25) is 0 Å². The third-order valence-electron chi connectivity index (χ3n) is 4.36. The van der Waals surface area contributed by atoms with Gasteiger partial charge in [0.15, 0.2) is 0 Å². The predicted octanol–water partition coefficient (Wildman–Crippen LogP) is 2.29. The summed E-state index contributed by atoms with van der Waals surface area (Å²) in [7, 11) is 0. The highest BCUT2D eigenvalue weighted by Crippen LogP contribution is 2.30. The first-order chi connectivity index (χ1) is 9.58. The quantitative estimate of drug-likeness (QED) is 0.886. The molecule has 20 heavy (non-hydrogen) atoms. The first kappa shape index (κ1) is 14.9. The Bertz CT molecular complexity index is 487. The van der Waals surface area contributed by atoms with Crippen molar-refractivity contribution in [2.45, 2.75) is 39.2 Å². The molecule has 1 saturated carbocycles. The van der Waals surface area contributed by atoms with Crippen molar-refractivity contribution in [3.05, 3.63) is 29.3 Å². The molecule has 3 N–H and O–H groups in total. The summed E-state index contributed by atoms with van der Waals surface area (Å²) in [5, 5.41) is 9.47. The van der Waals surface area contributed by atoms with Gasteiger partial charge in [-0.15, -0.1) is 0 Å². The Balaban J connectivity index is 2.24. The lowest BCUT2D eigenvalue weighted by atomic mass is 10.00. The zero-order valence-electron chi connectivity index (χ0n) is 12.3. The molecule has 0 aromatic heterocycles. The predicted molar refractivity (Wildman–Crippen MR) is 79.7 cm³/mol. The highest BCUT2D eigenvalue weighted by molar-refractivity contribution is 5.96. The van der Waals surface area contributed by atoms with E-state index in [-0.39, 0.29) is 17.7 Å². The summed E-state index contributed by atoms with van der Waals surface area (Å²) in [6.45, 7) is 5.21. The van der Waals surface area contributed by atoms with E-state index in [0.717, 1.165) is 24.8 Å². The van der Waals surface area contributed by atoms with Gasteiger partial charge in [0, 0.05) is 18.2 Å². The monoisotopic (exact) mass is 276 g/mol. The molecule has 110 valence electrons. The minimum absolute atomic E-state index is 0.0513. The van der Waals surface area contributed by atoms with Gasteiger partial charge in [0.1, 0.15) is 5.75 Å². The molecule has 1 aliphatic rings. The van der Waals surface area contributed by atoms with E-state index in [4.69, 9.17) is 5.73 Å². The second kappa shape index (κ2) is 6.27. The molecular formula is C16H24N2O2. The maximum atomic E-state index is 12.8. The van der Waals surface area contributed by atoms with Gasteiger partial charge >= 0.3 is 0 Å². The molecule has 4 heteroatoms. The zero-order chi connectivity index (χ0) is 14.7. The Morgan fingerprint density at radius 3 is 2.80 bits per heavy atom. The van der Waals surface area contributed by atoms with Gasteiger partial charge in [-0.25, -0.2) is 0 Å². The third kappa shape index (κ3) is 2.80. The average molecular weight is 276 g/mol. The van der Waals surface area contributed by atoms with Crippen molar-refractivity contribution in [3.8, 4) is 5.75 Å². The second-order valence-electron chi connectivity index (χ2n) is 5.58. The summed E-state index contributed by atoms with van der Waals surface area (Å²) < 4.78 is 0. The Hall–Kier alpha value is -1.55. The number of aromatic hydroxyl groups is 1. The molecule has 0 radical (unpaired) electrons. The van der Waals surface area contributed by atoms with Gasteiger partial charge < -0.3 is 15.7 Å². The molecule has 1 amide bonds. The van der Waals surface area contributed by atoms with E-state index < -0.39 is 0 Å². The number of hydrogen-bond donors (Lipinski definition) is 2. The SMILES string of the molecule is CCN(C(=O)c1ccc(O)cc1C)C1CCCC1CN. The summed E-state index contributed by atoms with van der Waals surface area (Å²) in [5.41, 5.74) is 7.32. The molecule has 1 fully saturated rings. The Morgan fingerprint density at radius 1 is 1.45 bits per heavy atom. The molecule has 0 bridgehead atoms. The molecule has 2 rings (SSSR count). The smallest absolute Gasteiger partial charge is 0.254 e. The van der Waals surface area contributed by atoms with Gasteiger partial charge in [-0.3, -0.25) is 4.79 Å². The summed E-state index contributed by atoms with van der Waals surface area (Å²) in [5.74, 6) is 0.662. The van der Waals surface area contributed by atoms with Crippen molar-refractivity contribution >= 4 is 5.91 Å². The second-order valence-corrected chi connectivity index (χ2v) is 5.58. The van der Waals surface area contributed by atoms with Crippen molar-refractivity contribution in [1.29, 1.82) is 0 Å². The lowest BCUT2D eigenvalue weighted by molar-refractivity contribution is 0.0651. The molecule has 2 unspecified atom stereocenters. The molecule has 0 spiro atoms. The number of benzene rings is 1. The fourth-order valence-electron chi connectivity index (χ4n) is 3.27. The number of phenolic OH excluding ortho intramolecular Hbond substituents is 1. The fourth-order valence-corrected chi connectivity index (χ4v) is 3.27. The van der Waals surface area contributed by atoms with E-state index in [1.807, 2.05) is 18.7 Å². The van der Waals surface area contributed by atoms with E-state index in [2.05, 4.69) is 0 Å². The molecule has 1 aromatic carbocycles. The van der Waals surface area contributed by atoms with Crippen LogP contribution in [-0.4, -0.2) is 35.0 Å². The Morgan fingerprint density at radius 2 is 2.20 bits per heavy atom. The van der Waals surface area contributed by atoms with E-state index >= 15 is 0 Å². The van der Waals surface area contributed by atoms with Crippen molar-refractivity contribution in [3.63, 3.8) is 0 Å². The zero-order valence-corrected chi connectivity index (χ0v) is 12.3. The lowest BCUT2D eigenvalue weighted by Gasteiger charge is -2.32. The minimum atomic E-state index is 0.0513. The van der Waals surface area contributed by atoms with Gasteiger partial charge in [0.05, 0.1) is 0 Å². The standard InChI is InChI=1S/C16H24N2O2/c1-3-18(15-6-4-5-12(15)10-17)16(20)14-8-7-13(19)9-11(14)2/h7-9,12,15,19H,3-6,10,17H2,1-2H3. The number of nitrogens with two attached hydrogens (primary N) is 1. The topological polar surface area (TPSA) is 66.6 Å². The van der Waals surface area contributed by atoms with Crippen molar-refractivity contribution < 1.29 is 9.90 Å². The largest absolute Gasteiger partial charge is 0.508 e. The molecule has 4 nitrogen and oxygen atoms in total. The molecule has 1 aliphatic carbocycles. The average Bonchev–Trinajstić information content (AvgIpc) is 2.87. The molecular weight excluding hydrogens is 252 g/mol. The molecule has 0 heterocycles. The van der Waals surface area contributed by atoms with Crippen molar-refractivity contribution in [2.24, 2.45) is 11.7 Å². The number of hydrogen-bond acceptors (Lipinski definition) is 3. The van der Waals surface area contributed by atoms with Crippen LogP contribution in [0, 0.1) is 12.8 Å². The van der Waals surface area contributed by atoms with Crippen LogP contribution in [0.25, 0.3) is 0 Å². The number of carbonyl (C=O) groups is 1. The first-order valence-corrected chi connectivity index (χ1v) is 7.39. The van der Waals surface area contributed by atoms with Crippen molar-refractivity contribution in [2.75, 3.05) is 13.1 Å². The molecule has 0 saturated heterocycles. The van der Waals surface area contributed by atoms with Crippen LogP contribution >= 0.6 is 0 Å². The summed E-state index contributed by atoms with van der Waals surface area (Å²) >= 11 is 0. The van der Waals surface area contributed by atoms with Crippen LogP contribution in [0.2, 0.25) is 0 Å². The summed E-state index contributed by atoms with van der Waals surface area (Å²) in [6.07, 6.45) is 3.29. The maximum Gasteiger partial charge on any atom is 0.254 e. The van der Waals surface area contributed by atoms with Crippen LogP contribution in [0.5, 0.6) is 5.75 Å². The fraction of sp³-hybridized carbons (Fsp3) is 0.562.